The highest BCUT2D eigenvalue weighted by molar-refractivity contribution is 5.22. The highest BCUT2D eigenvalue weighted by Crippen LogP contribution is 2.06. The molecule has 0 saturated heterocycles. The van der Waals surface area contributed by atoms with Crippen molar-refractivity contribution in [1.29, 1.82) is 0 Å². The third-order valence-corrected chi connectivity index (χ3v) is 2.22. The molecule has 0 aromatic heterocycles. The van der Waals surface area contributed by atoms with Gasteiger partial charge in [-0.1, -0.05) is 42.9 Å². The van der Waals surface area contributed by atoms with Crippen LogP contribution in [0.15, 0.2) is 59.9 Å². The van der Waals surface area contributed by atoms with Crippen LogP contribution in [0.4, 0.5) is 0 Å². The maximum Gasteiger partial charge on any atom is 0.116 e. The number of ether oxygens (including phenoxy) is 1. The van der Waals surface area contributed by atoms with Gasteiger partial charge in [0, 0.05) is 0 Å². The lowest BCUT2D eigenvalue weighted by atomic mass is 10.2. The van der Waals surface area contributed by atoms with E-state index in [2.05, 4.69) is 44.2 Å². The monoisotopic (exact) mass is 216 g/mol. The fourth-order valence-electron chi connectivity index (χ4n) is 1.44. The van der Waals surface area contributed by atoms with Gasteiger partial charge in [0.2, 0.25) is 0 Å². The van der Waals surface area contributed by atoms with E-state index in [9.17, 15) is 0 Å². The quantitative estimate of drug-likeness (QED) is 0.622. The molecule has 0 spiro atoms. The third kappa shape index (κ3) is 5.40. The zero-order chi connectivity index (χ0) is 11.6. The first-order valence-corrected chi connectivity index (χ1v) is 5.82. The lowest BCUT2D eigenvalue weighted by molar-refractivity contribution is 0.260. The molecule has 0 aromatic carbocycles. The van der Waals surface area contributed by atoms with Crippen LogP contribution in [0.1, 0.15) is 26.7 Å². The topological polar surface area (TPSA) is 9.23 Å². The Morgan fingerprint density at radius 2 is 2.31 bits per heavy atom. The third-order valence-electron chi connectivity index (χ3n) is 2.22. The van der Waals surface area contributed by atoms with E-state index in [0.29, 0.717) is 6.61 Å². The Hall–Kier alpha value is -1.50. The number of hydrogen-bond donors (Lipinski definition) is 0. The van der Waals surface area contributed by atoms with E-state index in [1.165, 1.54) is 5.57 Å². The van der Waals surface area contributed by atoms with Crippen molar-refractivity contribution in [2.75, 3.05) is 6.61 Å². The van der Waals surface area contributed by atoms with Crippen LogP contribution in [0.3, 0.4) is 0 Å². The Morgan fingerprint density at radius 3 is 3.12 bits per heavy atom. The Balaban J connectivity index is 2.30. The summed E-state index contributed by atoms with van der Waals surface area (Å²) in [5.41, 5.74) is 1.29. The summed E-state index contributed by atoms with van der Waals surface area (Å²) >= 11 is 0. The Labute approximate surface area is 98.5 Å². The average molecular weight is 216 g/mol. The van der Waals surface area contributed by atoms with Gasteiger partial charge in [-0.3, -0.25) is 0 Å². The van der Waals surface area contributed by atoms with E-state index >= 15 is 0 Å². The zero-order valence-electron chi connectivity index (χ0n) is 10.1. The van der Waals surface area contributed by atoms with Crippen LogP contribution in [-0.2, 0) is 4.74 Å². The predicted molar refractivity (Wildman–Crippen MR) is 70.1 cm³/mol. The van der Waals surface area contributed by atoms with Crippen molar-refractivity contribution >= 4 is 0 Å². The van der Waals surface area contributed by atoms with Gasteiger partial charge in [0.15, 0.2) is 0 Å². The minimum atomic E-state index is 0.630. The summed E-state index contributed by atoms with van der Waals surface area (Å²) in [6.45, 7) is 4.88. The first kappa shape index (κ1) is 12.6. The molecule has 16 heavy (non-hydrogen) atoms. The van der Waals surface area contributed by atoms with Crippen LogP contribution in [0.25, 0.3) is 0 Å². The molecule has 1 heteroatoms. The van der Waals surface area contributed by atoms with E-state index in [4.69, 9.17) is 4.74 Å². The largest absolute Gasteiger partial charge is 0.490 e. The molecule has 1 aliphatic carbocycles. The van der Waals surface area contributed by atoms with Crippen LogP contribution < -0.4 is 0 Å². The second-order valence-electron chi connectivity index (χ2n) is 3.70. The van der Waals surface area contributed by atoms with Gasteiger partial charge in [0.1, 0.15) is 12.4 Å². The lowest BCUT2D eigenvalue weighted by Crippen LogP contribution is -1.89. The minimum Gasteiger partial charge on any atom is -0.490 e. The molecule has 1 nitrogen and oxygen atoms in total. The van der Waals surface area contributed by atoms with E-state index in [1.54, 1.807) is 0 Å². The van der Waals surface area contributed by atoms with Crippen molar-refractivity contribution in [2.45, 2.75) is 26.7 Å². The molecule has 0 saturated carbocycles. The zero-order valence-corrected chi connectivity index (χ0v) is 10.1. The van der Waals surface area contributed by atoms with Crippen molar-refractivity contribution in [3.8, 4) is 0 Å². The van der Waals surface area contributed by atoms with Crippen LogP contribution in [-0.4, -0.2) is 6.61 Å². The van der Waals surface area contributed by atoms with Gasteiger partial charge in [-0.15, -0.1) is 0 Å². The smallest absolute Gasteiger partial charge is 0.116 e. The number of allylic oxidation sites excluding steroid dienone is 8. The van der Waals surface area contributed by atoms with Gasteiger partial charge in [-0.05, 0) is 38.0 Å². The number of hydrogen-bond acceptors (Lipinski definition) is 1. The molecule has 0 aromatic rings. The standard InChI is InChI=1S/C15H20O/c1-3-9-14(2)10-8-13-16-15-11-6-4-5-7-12-15/h4-6,8-12H,3,7,13H2,1-2H3/b10-8-,14-9-. The van der Waals surface area contributed by atoms with E-state index in [1.807, 2.05) is 18.2 Å². The maximum atomic E-state index is 5.61. The van der Waals surface area contributed by atoms with Gasteiger partial charge < -0.3 is 4.74 Å². The first-order chi connectivity index (χ1) is 7.83. The molecule has 0 radical (unpaired) electrons. The molecule has 0 fully saturated rings. The fraction of sp³-hybridized carbons (Fsp3) is 0.333. The maximum absolute atomic E-state index is 5.61. The Kier molecular flexibility index (Phi) is 6.09. The SMILES string of the molecule is CC/C=C(C)\C=C/COC1=CCC=CC=C1. The minimum absolute atomic E-state index is 0.630. The summed E-state index contributed by atoms with van der Waals surface area (Å²) in [7, 11) is 0. The normalized spacial score (nSPS) is 16.4. The highest BCUT2D eigenvalue weighted by Gasteiger charge is 1.92. The highest BCUT2D eigenvalue weighted by atomic mass is 16.5. The van der Waals surface area contributed by atoms with Gasteiger partial charge in [0.25, 0.3) is 0 Å². The van der Waals surface area contributed by atoms with Crippen molar-refractivity contribution in [3.05, 3.63) is 59.9 Å². The fourth-order valence-corrected chi connectivity index (χ4v) is 1.44. The van der Waals surface area contributed by atoms with Crippen LogP contribution in [0, 0.1) is 0 Å². The van der Waals surface area contributed by atoms with Crippen molar-refractivity contribution in [1.82, 2.24) is 0 Å². The first-order valence-electron chi connectivity index (χ1n) is 5.82. The van der Waals surface area contributed by atoms with Gasteiger partial charge in [0.05, 0.1) is 0 Å². The van der Waals surface area contributed by atoms with E-state index in [0.717, 1.165) is 18.6 Å². The van der Waals surface area contributed by atoms with Crippen molar-refractivity contribution < 1.29 is 4.74 Å². The number of rotatable bonds is 5. The molecule has 0 unspecified atom stereocenters. The molecule has 0 heterocycles. The molecule has 0 N–H and O–H groups in total. The predicted octanol–water partition coefficient (Wildman–Crippen LogP) is 4.32. The molecule has 0 atom stereocenters. The second-order valence-corrected chi connectivity index (χ2v) is 3.70. The molecule has 1 rings (SSSR count). The molecule has 0 amide bonds. The Morgan fingerprint density at radius 1 is 1.44 bits per heavy atom. The van der Waals surface area contributed by atoms with Crippen LogP contribution in [0.2, 0.25) is 0 Å². The summed E-state index contributed by atoms with van der Waals surface area (Å²) in [5, 5.41) is 0. The van der Waals surface area contributed by atoms with Crippen LogP contribution >= 0.6 is 0 Å². The molecular weight excluding hydrogens is 196 g/mol. The molecule has 86 valence electrons. The van der Waals surface area contributed by atoms with E-state index in [-0.39, 0.29) is 0 Å². The summed E-state index contributed by atoms with van der Waals surface area (Å²) in [5.74, 6) is 0.951. The summed E-state index contributed by atoms with van der Waals surface area (Å²) < 4.78 is 5.61. The molecule has 0 bridgehead atoms. The second kappa shape index (κ2) is 7.75. The average Bonchev–Trinajstić information content (AvgIpc) is 2.53. The van der Waals surface area contributed by atoms with Gasteiger partial charge in [-0.25, -0.2) is 0 Å². The van der Waals surface area contributed by atoms with Crippen LogP contribution in [0.5, 0.6) is 0 Å². The van der Waals surface area contributed by atoms with Crippen molar-refractivity contribution in [2.24, 2.45) is 0 Å². The summed E-state index contributed by atoms with van der Waals surface area (Å²) in [4.78, 5) is 0. The van der Waals surface area contributed by atoms with E-state index < -0.39 is 0 Å². The Bertz CT molecular complexity index is 340. The molecule has 1 aliphatic rings. The summed E-state index contributed by atoms with van der Waals surface area (Å²) in [6.07, 6.45) is 18.6. The van der Waals surface area contributed by atoms with Crippen molar-refractivity contribution in [3.63, 3.8) is 0 Å². The molecule has 0 aliphatic heterocycles. The summed E-state index contributed by atoms with van der Waals surface area (Å²) in [6, 6.07) is 0. The van der Waals surface area contributed by atoms with Gasteiger partial charge >= 0.3 is 0 Å². The van der Waals surface area contributed by atoms with Gasteiger partial charge in [-0.2, -0.15) is 0 Å². The molecular formula is C15H20O. The lowest BCUT2D eigenvalue weighted by Gasteiger charge is -2.02.